The average molecular weight is 423 g/mol. The Labute approximate surface area is 195 Å². The maximum Gasteiger partial charge on any atom is 0.000152 e. The lowest BCUT2D eigenvalue weighted by atomic mass is 10.0. The van der Waals surface area contributed by atoms with Crippen molar-refractivity contribution in [2.24, 2.45) is 11.8 Å². The molecule has 0 amide bonds. The first-order valence-electron chi connectivity index (χ1n) is 11.2. The second-order valence-electron chi connectivity index (χ2n) is 8.34. The van der Waals surface area contributed by atoms with Gasteiger partial charge in [-0.25, -0.2) is 0 Å². The zero-order valence-electron chi connectivity index (χ0n) is 20.4. The van der Waals surface area contributed by atoms with Crippen molar-refractivity contribution in [2.45, 2.75) is 90.0 Å². The Morgan fingerprint density at radius 2 is 0.871 bits per heavy atom. The fourth-order valence-corrected chi connectivity index (χ4v) is 4.01. The molecule has 1 unspecified atom stereocenters. The van der Waals surface area contributed by atoms with Crippen molar-refractivity contribution in [3.8, 4) is 0 Å². The lowest BCUT2D eigenvalue weighted by Gasteiger charge is -2.02. The summed E-state index contributed by atoms with van der Waals surface area (Å²) in [7, 11) is 0. The second-order valence-corrected chi connectivity index (χ2v) is 8.34. The van der Waals surface area contributed by atoms with Gasteiger partial charge in [-0.2, -0.15) is 0 Å². The Hall–Kier alpha value is -2.08. The van der Waals surface area contributed by atoms with Crippen molar-refractivity contribution < 1.29 is 0 Å². The van der Waals surface area contributed by atoms with Gasteiger partial charge in [-0.1, -0.05) is 126 Å². The predicted octanol–water partition coefficient (Wildman–Crippen LogP) is 10.6. The molecule has 31 heavy (non-hydrogen) atoms. The quantitative estimate of drug-likeness (QED) is 0.390. The molecule has 0 fully saturated rings. The zero-order chi connectivity index (χ0) is 22.1. The van der Waals surface area contributed by atoms with Gasteiger partial charge in [0, 0.05) is 5.92 Å². The molecule has 1 aromatic carbocycles. The van der Waals surface area contributed by atoms with Gasteiger partial charge in [-0.3, -0.25) is 0 Å². The highest BCUT2D eigenvalue weighted by molar-refractivity contribution is 5.72. The molecular weight excluding hydrogens is 372 g/mol. The van der Waals surface area contributed by atoms with Gasteiger partial charge in [0.25, 0.3) is 0 Å². The van der Waals surface area contributed by atoms with Crippen LogP contribution >= 0.6 is 0 Å². The van der Waals surface area contributed by atoms with E-state index in [1.165, 1.54) is 39.0 Å². The van der Waals surface area contributed by atoms with Crippen LogP contribution in [0.1, 0.15) is 101 Å². The lowest BCUT2D eigenvalue weighted by Crippen LogP contribution is -1.85. The predicted molar refractivity (Wildman–Crippen MR) is 147 cm³/mol. The highest BCUT2D eigenvalue weighted by Crippen LogP contribution is 2.34. The van der Waals surface area contributed by atoms with Crippen LogP contribution in [-0.4, -0.2) is 0 Å². The van der Waals surface area contributed by atoms with Crippen molar-refractivity contribution in [3.63, 3.8) is 0 Å². The topological polar surface area (TPSA) is 0 Å². The fourth-order valence-electron chi connectivity index (χ4n) is 4.01. The van der Waals surface area contributed by atoms with Crippen LogP contribution in [0.2, 0.25) is 0 Å². The molecule has 0 saturated carbocycles. The van der Waals surface area contributed by atoms with Crippen LogP contribution in [-0.2, 0) is 0 Å². The van der Waals surface area contributed by atoms with E-state index >= 15 is 0 Å². The van der Waals surface area contributed by atoms with Gasteiger partial charge in [-0.05, 0) is 63.2 Å². The van der Waals surface area contributed by atoms with Crippen LogP contribution in [0, 0.1) is 11.8 Å². The van der Waals surface area contributed by atoms with Crippen LogP contribution in [0.25, 0.3) is 5.57 Å². The maximum absolute atomic E-state index is 2.32. The molecule has 0 heterocycles. The van der Waals surface area contributed by atoms with Gasteiger partial charge >= 0.3 is 0 Å². The van der Waals surface area contributed by atoms with Crippen molar-refractivity contribution in [1.29, 1.82) is 0 Å². The highest BCUT2D eigenvalue weighted by atomic mass is 14.2. The van der Waals surface area contributed by atoms with E-state index in [2.05, 4.69) is 110 Å². The van der Waals surface area contributed by atoms with Crippen LogP contribution < -0.4 is 0 Å². The summed E-state index contributed by atoms with van der Waals surface area (Å²) in [5, 5.41) is 0. The Bertz CT molecular complexity index is 749. The molecule has 0 spiro atoms. The van der Waals surface area contributed by atoms with E-state index in [1.807, 2.05) is 13.8 Å². The number of hydrogen-bond acceptors (Lipinski definition) is 0. The van der Waals surface area contributed by atoms with Gasteiger partial charge in [0.1, 0.15) is 0 Å². The maximum atomic E-state index is 2.32. The standard InChI is InChI=1S/C11H12.2C8H12.C2H6.2CH4/c1-8-7-9(2)11-6-4-3-5-10(8)11;2*1-6-4-7(2)8(3)5-6;1-2;;/h3-8H,1-2H3;2*4-6H,1-3H3;1-2H3;2*1H4. The first kappa shape index (κ1) is 31.1. The van der Waals surface area contributed by atoms with Crippen molar-refractivity contribution >= 4 is 5.57 Å². The lowest BCUT2D eigenvalue weighted by molar-refractivity contribution is 0.952. The molecular formula is C31H50. The number of benzene rings is 1. The van der Waals surface area contributed by atoms with Gasteiger partial charge in [0.05, 0.1) is 0 Å². The first-order valence-corrected chi connectivity index (χ1v) is 11.2. The molecule has 0 aromatic heterocycles. The summed E-state index contributed by atoms with van der Waals surface area (Å²) in [5.74, 6) is 1.97. The summed E-state index contributed by atoms with van der Waals surface area (Å²) in [6, 6.07) is 8.63. The summed E-state index contributed by atoms with van der Waals surface area (Å²) in [6.07, 6.45) is 11.5. The van der Waals surface area contributed by atoms with Gasteiger partial charge in [0.2, 0.25) is 0 Å². The van der Waals surface area contributed by atoms with E-state index in [4.69, 9.17) is 0 Å². The van der Waals surface area contributed by atoms with E-state index in [9.17, 15) is 0 Å². The molecule has 0 heteroatoms. The SMILES string of the molecule is C.C.CC.CC1=CC(C)C=C1C.CC1=CC(C)C=C1C.CC1=CC(C)c2ccccc21. The number of allylic oxidation sites excluding steroid dienone is 10. The minimum atomic E-state index is 0. The number of fused-ring (bicyclic) bond motifs is 1. The van der Waals surface area contributed by atoms with E-state index in [-0.39, 0.29) is 14.9 Å². The van der Waals surface area contributed by atoms with Crippen molar-refractivity contribution in [3.05, 3.63) is 88.1 Å². The summed E-state index contributed by atoms with van der Waals surface area (Å²) in [4.78, 5) is 0. The Kier molecular flexibility index (Phi) is 14.9. The molecule has 0 nitrogen and oxygen atoms in total. The molecule has 174 valence electrons. The first-order chi connectivity index (χ1) is 13.7. The minimum Gasteiger partial charge on any atom is -0.0776 e. The van der Waals surface area contributed by atoms with Crippen LogP contribution in [0.4, 0.5) is 0 Å². The van der Waals surface area contributed by atoms with Crippen LogP contribution in [0.15, 0.2) is 76.9 Å². The molecule has 0 saturated heterocycles. The molecule has 1 atom stereocenters. The molecule has 0 aliphatic heterocycles. The zero-order valence-corrected chi connectivity index (χ0v) is 20.4. The van der Waals surface area contributed by atoms with E-state index in [0.717, 1.165) is 0 Å². The van der Waals surface area contributed by atoms with Crippen LogP contribution in [0.3, 0.4) is 0 Å². The smallest absolute Gasteiger partial charge is 0.000152 e. The third-order valence-corrected chi connectivity index (χ3v) is 5.67. The normalized spacial score (nSPS) is 18.5. The van der Waals surface area contributed by atoms with Crippen molar-refractivity contribution in [2.75, 3.05) is 0 Å². The number of hydrogen-bond donors (Lipinski definition) is 0. The Balaban J connectivity index is 0. The summed E-state index contributed by atoms with van der Waals surface area (Å²) >= 11 is 0. The van der Waals surface area contributed by atoms with E-state index in [0.29, 0.717) is 17.8 Å². The molecule has 3 aliphatic rings. The molecule has 4 rings (SSSR count). The van der Waals surface area contributed by atoms with E-state index in [1.54, 1.807) is 0 Å². The summed E-state index contributed by atoms with van der Waals surface area (Å²) < 4.78 is 0. The average Bonchev–Trinajstić information content (AvgIpc) is 3.26. The van der Waals surface area contributed by atoms with Gasteiger partial charge in [-0.15, -0.1) is 0 Å². The summed E-state index contributed by atoms with van der Waals surface area (Å²) in [6.45, 7) is 21.5. The summed E-state index contributed by atoms with van der Waals surface area (Å²) in [5.41, 5.74) is 10.1. The third-order valence-electron chi connectivity index (χ3n) is 5.67. The third kappa shape index (κ3) is 9.30. The molecule has 3 aliphatic carbocycles. The second kappa shape index (κ2) is 14.8. The van der Waals surface area contributed by atoms with E-state index < -0.39 is 0 Å². The fraction of sp³-hybridized carbons (Fsp3) is 0.484. The van der Waals surface area contributed by atoms with Crippen molar-refractivity contribution in [1.82, 2.24) is 0 Å². The molecule has 0 radical (unpaired) electrons. The van der Waals surface area contributed by atoms with Gasteiger partial charge in [0.15, 0.2) is 0 Å². The highest BCUT2D eigenvalue weighted by Gasteiger charge is 2.15. The largest absolute Gasteiger partial charge is 0.0776 e. The minimum absolute atomic E-state index is 0. The Morgan fingerprint density at radius 1 is 0.516 bits per heavy atom. The van der Waals surface area contributed by atoms with Crippen LogP contribution in [0.5, 0.6) is 0 Å². The number of rotatable bonds is 0. The molecule has 0 N–H and O–H groups in total. The Morgan fingerprint density at radius 3 is 1.16 bits per heavy atom. The van der Waals surface area contributed by atoms with Gasteiger partial charge < -0.3 is 0 Å². The molecule has 1 aromatic rings. The monoisotopic (exact) mass is 422 g/mol. The molecule has 0 bridgehead atoms.